The second-order valence-corrected chi connectivity index (χ2v) is 7.02. The molecule has 1 saturated heterocycles. The maximum atomic E-state index is 12.2. The fourth-order valence-electron chi connectivity index (χ4n) is 2.53. The van der Waals surface area contributed by atoms with Gasteiger partial charge in [0.1, 0.15) is 18.1 Å². The van der Waals surface area contributed by atoms with Crippen molar-refractivity contribution >= 4 is 45.5 Å². The van der Waals surface area contributed by atoms with E-state index in [0.717, 1.165) is 20.5 Å². The van der Waals surface area contributed by atoms with Crippen molar-refractivity contribution in [1.29, 1.82) is 0 Å². The number of nitrogens with zero attached hydrogens (tertiary/aromatic N) is 1. The topological polar surface area (TPSA) is 58.6 Å². The van der Waals surface area contributed by atoms with Crippen molar-refractivity contribution < 1.29 is 14.3 Å². The number of rotatable bonds is 6. The highest BCUT2D eigenvalue weighted by Gasteiger charge is 2.32. The van der Waals surface area contributed by atoms with Crippen LogP contribution in [0.2, 0.25) is 5.02 Å². The van der Waals surface area contributed by atoms with Gasteiger partial charge in [-0.1, -0.05) is 41.9 Å². The number of ether oxygens (including phenoxy) is 1. The van der Waals surface area contributed by atoms with Crippen molar-refractivity contribution in [2.75, 3.05) is 6.54 Å². The summed E-state index contributed by atoms with van der Waals surface area (Å²) >= 11 is 9.60. The molecule has 27 heavy (non-hydrogen) atoms. The molecule has 2 aromatic carbocycles. The third kappa shape index (κ3) is 4.40. The Hall–Kier alpha value is -2.57. The van der Waals surface area contributed by atoms with Crippen LogP contribution in [-0.4, -0.2) is 23.4 Å². The Morgan fingerprint density at radius 1 is 1.22 bits per heavy atom. The van der Waals surface area contributed by atoms with Gasteiger partial charge in [0, 0.05) is 17.1 Å². The first-order valence-electron chi connectivity index (χ1n) is 8.11. The lowest BCUT2D eigenvalue weighted by atomic mass is 10.2. The summed E-state index contributed by atoms with van der Waals surface area (Å²) in [5.74, 6) is 0.266. The first kappa shape index (κ1) is 19.2. The second-order valence-electron chi connectivity index (χ2n) is 5.76. The highest BCUT2D eigenvalue weighted by Crippen LogP contribution is 2.29. The Balaban J connectivity index is 1.73. The molecule has 1 heterocycles. The molecular formula is C20H16BrClN2O3. The average Bonchev–Trinajstić information content (AvgIpc) is 2.90. The zero-order chi connectivity index (χ0) is 19.4. The Labute approximate surface area is 170 Å². The monoisotopic (exact) mass is 446 g/mol. The van der Waals surface area contributed by atoms with Gasteiger partial charge in [-0.05, 0) is 45.8 Å². The lowest BCUT2D eigenvalue weighted by Gasteiger charge is -2.10. The van der Waals surface area contributed by atoms with Crippen LogP contribution in [0.15, 0.2) is 65.3 Å². The summed E-state index contributed by atoms with van der Waals surface area (Å²) in [5.41, 5.74) is 1.85. The molecule has 1 aliphatic heterocycles. The third-order valence-electron chi connectivity index (χ3n) is 3.88. The fourth-order valence-corrected chi connectivity index (χ4v) is 3.23. The van der Waals surface area contributed by atoms with Gasteiger partial charge in [0.05, 0.1) is 4.47 Å². The van der Waals surface area contributed by atoms with Crippen molar-refractivity contribution in [2.45, 2.75) is 6.61 Å². The van der Waals surface area contributed by atoms with Gasteiger partial charge in [-0.15, -0.1) is 6.58 Å². The van der Waals surface area contributed by atoms with E-state index in [-0.39, 0.29) is 18.1 Å². The second kappa shape index (κ2) is 8.41. The smallest absolute Gasteiger partial charge is 0.329 e. The standard InChI is InChI=1S/C20H16BrClN2O3/c1-2-9-24-19(25)17(23-20(24)26)11-13-7-8-18(15(21)10-13)27-12-14-5-3-4-6-16(14)22/h2-8,10-11H,1,9,12H2,(H,23,26)/b17-11+. The molecule has 0 saturated carbocycles. The number of halogens is 2. The van der Waals surface area contributed by atoms with Crippen LogP contribution in [0.1, 0.15) is 11.1 Å². The third-order valence-corrected chi connectivity index (χ3v) is 4.87. The number of urea groups is 1. The highest BCUT2D eigenvalue weighted by molar-refractivity contribution is 9.10. The van der Waals surface area contributed by atoms with Crippen LogP contribution >= 0.6 is 27.5 Å². The van der Waals surface area contributed by atoms with Crippen molar-refractivity contribution in [3.63, 3.8) is 0 Å². The minimum absolute atomic E-state index is 0.167. The first-order valence-corrected chi connectivity index (χ1v) is 9.28. The molecule has 138 valence electrons. The molecule has 3 amide bonds. The molecule has 3 rings (SSSR count). The van der Waals surface area contributed by atoms with Crippen LogP contribution < -0.4 is 10.1 Å². The summed E-state index contributed by atoms with van der Waals surface area (Å²) in [7, 11) is 0. The Morgan fingerprint density at radius 2 is 2.00 bits per heavy atom. The molecule has 7 heteroatoms. The molecule has 0 bridgehead atoms. The molecule has 0 atom stereocenters. The van der Waals surface area contributed by atoms with Gasteiger partial charge in [0.2, 0.25) is 0 Å². The molecule has 0 spiro atoms. The van der Waals surface area contributed by atoms with Crippen LogP contribution in [0.5, 0.6) is 5.75 Å². The molecule has 0 radical (unpaired) electrons. The lowest BCUT2D eigenvalue weighted by Crippen LogP contribution is -2.30. The average molecular weight is 448 g/mol. The zero-order valence-corrected chi connectivity index (χ0v) is 16.6. The number of benzene rings is 2. The van der Waals surface area contributed by atoms with Crippen LogP contribution in [0.25, 0.3) is 6.08 Å². The van der Waals surface area contributed by atoms with Crippen LogP contribution in [0.3, 0.4) is 0 Å². The number of hydrogen-bond donors (Lipinski definition) is 1. The van der Waals surface area contributed by atoms with E-state index in [1.54, 1.807) is 18.2 Å². The minimum Gasteiger partial charge on any atom is -0.488 e. The van der Waals surface area contributed by atoms with Gasteiger partial charge in [-0.3, -0.25) is 9.69 Å². The van der Waals surface area contributed by atoms with Gasteiger partial charge in [-0.2, -0.15) is 0 Å². The maximum Gasteiger partial charge on any atom is 0.329 e. The first-order chi connectivity index (χ1) is 13.0. The number of imide groups is 1. The van der Waals surface area contributed by atoms with E-state index < -0.39 is 6.03 Å². The summed E-state index contributed by atoms with van der Waals surface area (Å²) < 4.78 is 6.53. The summed E-state index contributed by atoms with van der Waals surface area (Å²) in [4.78, 5) is 25.1. The van der Waals surface area contributed by atoms with Crippen LogP contribution in [0, 0.1) is 0 Å². The summed E-state index contributed by atoms with van der Waals surface area (Å²) in [6.45, 7) is 4.05. The van der Waals surface area contributed by atoms with Gasteiger partial charge in [0.15, 0.2) is 0 Å². The molecule has 1 aliphatic rings. The van der Waals surface area contributed by atoms with Crippen molar-refractivity contribution in [1.82, 2.24) is 10.2 Å². The zero-order valence-electron chi connectivity index (χ0n) is 14.2. The summed E-state index contributed by atoms with van der Waals surface area (Å²) in [6, 6.07) is 12.4. The van der Waals surface area contributed by atoms with E-state index in [0.29, 0.717) is 17.4 Å². The maximum absolute atomic E-state index is 12.2. The molecule has 0 aromatic heterocycles. The largest absolute Gasteiger partial charge is 0.488 e. The number of amides is 3. The predicted octanol–water partition coefficient (Wildman–Crippen LogP) is 4.76. The Morgan fingerprint density at radius 3 is 2.70 bits per heavy atom. The normalized spacial score (nSPS) is 15.2. The summed E-state index contributed by atoms with van der Waals surface area (Å²) in [6.07, 6.45) is 3.12. The number of carbonyl (C=O) groups excluding carboxylic acids is 2. The van der Waals surface area contributed by atoms with Gasteiger partial charge in [0.25, 0.3) is 5.91 Å². The van der Waals surface area contributed by atoms with E-state index in [2.05, 4.69) is 27.8 Å². The molecule has 1 N–H and O–H groups in total. The lowest BCUT2D eigenvalue weighted by molar-refractivity contribution is -0.122. The van der Waals surface area contributed by atoms with Crippen molar-refractivity contribution in [3.05, 3.63) is 81.4 Å². The van der Waals surface area contributed by atoms with E-state index in [9.17, 15) is 9.59 Å². The highest BCUT2D eigenvalue weighted by atomic mass is 79.9. The molecule has 2 aromatic rings. The molecule has 5 nitrogen and oxygen atoms in total. The number of hydrogen-bond acceptors (Lipinski definition) is 3. The summed E-state index contributed by atoms with van der Waals surface area (Å²) in [5, 5.41) is 3.21. The molecular weight excluding hydrogens is 432 g/mol. The van der Waals surface area contributed by atoms with E-state index >= 15 is 0 Å². The van der Waals surface area contributed by atoms with Gasteiger partial charge < -0.3 is 10.1 Å². The Kier molecular flexibility index (Phi) is 5.98. The van der Waals surface area contributed by atoms with Crippen molar-refractivity contribution in [3.8, 4) is 5.75 Å². The fraction of sp³-hybridized carbons (Fsp3) is 0.100. The molecule has 0 aliphatic carbocycles. The molecule has 1 fully saturated rings. The van der Waals surface area contributed by atoms with Gasteiger partial charge in [-0.25, -0.2) is 4.79 Å². The van der Waals surface area contributed by atoms with E-state index in [4.69, 9.17) is 16.3 Å². The number of nitrogens with one attached hydrogen (secondary N) is 1. The van der Waals surface area contributed by atoms with Crippen molar-refractivity contribution in [2.24, 2.45) is 0 Å². The van der Waals surface area contributed by atoms with E-state index in [1.165, 1.54) is 6.08 Å². The Bertz CT molecular complexity index is 943. The van der Waals surface area contributed by atoms with Crippen LogP contribution in [0.4, 0.5) is 4.79 Å². The predicted molar refractivity (Wildman–Crippen MR) is 108 cm³/mol. The SMILES string of the molecule is C=CCN1C(=O)N/C(=C/c2ccc(OCc3ccccc3Cl)c(Br)c2)C1=O. The van der Waals surface area contributed by atoms with E-state index in [1.807, 2.05) is 30.3 Å². The van der Waals surface area contributed by atoms with Gasteiger partial charge >= 0.3 is 6.03 Å². The minimum atomic E-state index is -0.454. The quantitative estimate of drug-likeness (QED) is 0.394. The number of carbonyl (C=O) groups is 2. The molecule has 0 unspecified atom stereocenters. The van der Waals surface area contributed by atoms with Crippen LogP contribution in [-0.2, 0) is 11.4 Å².